The third kappa shape index (κ3) is 5.54. The van der Waals surface area contributed by atoms with Crippen molar-refractivity contribution in [3.63, 3.8) is 0 Å². The van der Waals surface area contributed by atoms with Crippen molar-refractivity contribution in [1.82, 2.24) is 5.32 Å². The van der Waals surface area contributed by atoms with E-state index in [0.29, 0.717) is 22.4 Å². The summed E-state index contributed by atoms with van der Waals surface area (Å²) in [5.41, 5.74) is 1.85. The number of hydrogen-bond acceptors (Lipinski definition) is 4. The highest BCUT2D eigenvalue weighted by Gasteiger charge is 2.13. The molecule has 2 aromatic rings. The molecule has 0 aliphatic heterocycles. The maximum atomic E-state index is 12.2. The minimum atomic E-state index is -0.222. The van der Waals surface area contributed by atoms with Gasteiger partial charge in [0.15, 0.2) is 18.1 Å². The van der Waals surface area contributed by atoms with Crippen molar-refractivity contribution < 1.29 is 19.0 Å². The van der Waals surface area contributed by atoms with Crippen LogP contribution in [0.2, 0.25) is 5.02 Å². The number of para-hydroxylation sites is 1. The van der Waals surface area contributed by atoms with E-state index in [1.54, 1.807) is 26.4 Å². The van der Waals surface area contributed by atoms with Crippen LogP contribution >= 0.6 is 11.6 Å². The van der Waals surface area contributed by atoms with Gasteiger partial charge in [-0.25, -0.2) is 0 Å². The Morgan fingerprint density at radius 2 is 1.78 bits per heavy atom. The molecular weight excluding hydrogens is 366 g/mol. The summed E-state index contributed by atoms with van der Waals surface area (Å²) in [7, 11) is 3.10. The van der Waals surface area contributed by atoms with Crippen LogP contribution in [0.15, 0.2) is 36.4 Å². The van der Waals surface area contributed by atoms with E-state index >= 15 is 0 Å². The number of amides is 1. The molecule has 146 valence electrons. The summed E-state index contributed by atoms with van der Waals surface area (Å²) in [5.74, 6) is 1.99. The van der Waals surface area contributed by atoms with E-state index in [0.717, 1.165) is 23.3 Å². The van der Waals surface area contributed by atoms with Crippen molar-refractivity contribution in [2.24, 2.45) is 0 Å². The first-order valence-corrected chi connectivity index (χ1v) is 9.26. The van der Waals surface area contributed by atoms with Gasteiger partial charge in [0, 0.05) is 17.6 Å². The first-order valence-electron chi connectivity index (χ1n) is 8.88. The number of hydrogen-bond donors (Lipinski definition) is 1. The molecule has 27 heavy (non-hydrogen) atoms. The van der Waals surface area contributed by atoms with Crippen LogP contribution in [0, 0.1) is 0 Å². The topological polar surface area (TPSA) is 56.8 Å². The number of carbonyl (C=O) groups excluding carboxylic acids is 1. The molecular formula is C21H26ClNO4. The van der Waals surface area contributed by atoms with Crippen LogP contribution in [0.5, 0.6) is 17.2 Å². The molecule has 0 heterocycles. The van der Waals surface area contributed by atoms with Gasteiger partial charge in [0.2, 0.25) is 0 Å². The highest BCUT2D eigenvalue weighted by Crippen LogP contribution is 2.33. The molecule has 0 spiro atoms. The number of ether oxygens (including phenoxy) is 3. The van der Waals surface area contributed by atoms with Gasteiger partial charge in [-0.05, 0) is 35.6 Å². The second kappa shape index (κ2) is 10.1. The molecule has 2 rings (SSSR count). The minimum Gasteiger partial charge on any atom is -0.493 e. The van der Waals surface area contributed by atoms with Gasteiger partial charge in [-0.15, -0.1) is 0 Å². The molecule has 6 heteroatoms. The average molecular weight is 392 g/mol. The van der Waals surface area contributed by atoms with Gasteiger partial charge in [0.05, 0.1) is 14.2 Å². The van der Waals surface area contributed by atoms with Crippen LogP contribution in [0.3, 0.4) is 0 Å². The minimum absolute atomic E-state index is 0.0572. The molecule has 0 aliphatic carbocycles. The molecule has 0 fully saturated rings. The Morgan fingerprint density at radius 1 is 1.11 bits per heavy atom. The van der Waals surface area contributed by atoms with Gasteiger partial charge in [-0.3, -0.25) is 4.79 Å². The van der Waals surface area contributed by atoms with Crippen LogP contribution in [0.1, 0.15) is 37.3 Å². The third-order valence-electron chi connectivity index (χ3n) is 4.45. The van der Waals surface area contributed by atoms with Crippen LogP contribution < -0.4 is 19.5 Å². The molecule has 1 N–H and O–H groups in total. The lowest BCUT2D eigenvalue weighted by atomic mass is 9.98. The normalized spacial score (nSPS) is 11.6. The smallest absolute Gasteiger partial charge is 0.258 e. The summed E-state index contributed by atoms with van der Waals surface area (Å²) in [6.07, 6.45) is 1.00. The molecule has 5 nitrogen and oxygen atoms in total. The second-order valence-corrected chi connectivity index (χ2v) is 6.62. The zero-order valence-electron chi connectivity index (χ0n) is 16.2. The monoisotopic (exact) mass is 391 g/mol. The number of rotatable bonds is 9. The number of methoxy groups -OCH3 is 2. The van der Waals surface area contributed by atoms with Gasteiger partial charge in [-0.1, -0.05) is 43.6 Å². The van der Waals surface area contributed by atoms with E-state index in [9.17, 15) is 4.79 Å². The van der Waals surface area contributed by atoms with Gasteiger partial charge in [0.1, 0.15) is 5.75 Å². The Balaban J connectivity index is 1.96. The lowest BCUT2D eigenvalue weighted by molar-refractivity contribution is -0.123. The Bertz CT molecular complexity index is 779. The van der Waals surface area contributed by atoms with Crippen molar-refractivity contribution in [2.75, 3.05) is 20.8 Å². The number of benzene rings is 2. The van der Waals surface area contributed by atoms with E-state index < -0.39 is 0 Å². The van der Waals surface area contributed by atoms with Crippen molar-refractivity contribution in [2.45, 2.75) is 32.7 Å². The van der Waals surface area contributed by atoms with E-state index in [1.165, 1.54) is 0 Å². The van der Waals surface area contributed by atoms with Gasteiger partial charge in [-0.2, -0.15) is 0 Å². The Morgan fingerprint density at radius 3 is 2.44 bits per heavy atom. The standard InChI is InChI=1S/C21H26ClNO4/c1-5-14(2)16-8-6-7-9-18(16)27-13-21(24)23-12-15-10-19(25-3)20(26-4)11-17(15)22/h6-11,14H,5,12-13H2,1-4H3,(H,23,24). The lowest BCUT2D eigenvalue weighted by Crippen LogP contribution is -2.28. The molecule has 1 amide bonds. The largest absolute Gasteiger partial charge is 0.493 e. The van der Waals surface area contributed by atoms with Crippen molar-refractivity contribution in [1.29, 1.82) is 0 Å². The molecule has 0 saturated carbocycles. The predicted molar refractivity (Wildman–Crippen MR) is 107 cm³/mol. The summed E-state index contributed by atoms with van der Waals surface area (Å²) < 4.78 is 16.2. The third-order valence-corrected chi connectivity index (χ3v) is 4.80. The Hall–Kier alpha value is -2.40. The molecule has 1 unspecified atom stereocenters. The van der Waals surface area contributed by atoms with E-state index in [1.807, 2.05) is 24.3 Å². The summed E-state index contributed by atoms with van der Waals surface area (Å²) >= 11 is 6.25. The SMILES string of the molecule is CCC(C)c1ccccc1OCC(=O)NCc1cc(OC)c(OC)cc1Cl. The van der Waals surface area contributed by atoms with Crippen LogP contribution in [0.25, 0.3) is 0 Å². The van der Waals surface area contributed by atoms with Gasteiger partial charge >= 0.3 is 0 Å². The number of carbonyl (C=O) groups is 1. The number of nitrogens with one attached hydrogen (secondary N) is 1. The molecule has 0 radical (unpaired) electrons. The maximum absolute atomic E-state index is 12.2. The zero-order valence-corrected chi connectivity index (χ0v) is 16.9. The van der Waals surface area contributed by atoms with Crippen LogP contribution in [-0.2, 0) is 11.3 Å². The molecule has 1 atom stereocenters. The first kappa shape index (κ1) is 20.9. The van der Waals surface area contributed by atoms with Crippen molar-refractivity contribution in [3.05, 3.63) is 52.5 Å². The van der Waals surface area contributed by atoms with E-state index in [4.69, 9.17) is 25.8 Å². The fraction of sp³-hybridized carbons (Fsp3) is 0.381. The van der Waals surface area contributed by atoms with Gasteiger partial charge < -0.3 is 19.5 Å². The fourth-order valence-corrected chi connectivity index (χ4v) is 2.88. The quantitative estimate of drug-likeness (QED) is 0.680. The van der Waals surface area contributed by atoms with Crippen LogP contribution in [0.4, 0.5) is 0 Å². The fourth-order valence-electron chi connectivity index (χ4n) is 2.66. The summed E-state index contributed by atoms with van der Waals surface area (Å²) in [4.78, 5) is 12.2. The Labute approximate surface area is 165 Å². The van der Waals surface area contributed by atoms with Crippen molar-refractivity contribution >= 4 is 17.5 Å². The summed E-state index contributed by atoms with van der Waals surface area (Å²) in [5, 5.41) is 3.31. The van der Waals surface area contributed by atoms with E-state index in [2.05, 4.69) is 19.2 Å². The van der Waals surface area contributed by atoms with Crippen molar-refractivity contribution in [3.8, 4) is 17.2 Å². The maximum Gasteiger partial charge on any atom is 0.258 e. The summed E-state index contributed by atoms with van der Waals surface area (Å²) in [6.45, 7) is 4.48. The molecule has 0 aromatic heterocycles. The molecule has 0 bridgehead atoms. The van der Waals surface area contributed by atoms with E-state index in [-0.39, 0.29) is 19.1 Å². The Kier molecular flexibility index (Phi) is 7.80. The highest BCUT2D eigenvalue weighted by molar-refractivity contribution is 6.31. The number of halogens is 1. The average Bonchev–Trinajstić information content (AvgIpc) is 2.70. The van der Waals surface area contributed by atoms with Gasteiger partial charge in [0.25, 0.3) is 5.91 Å². The molecule has 0 aliphatic rings. The summed E-state index contributed by atoms with van der Waals surface area (Å²) in [6, 6.07) is 11.2. The van der Waals surface area contributed by atoms with Crippen LogP contribution in [-0.4, -0.2) is 26.7 Å². The predicted octanol–water partition coefficient (Wildman–Crippen LogP) is 4.57. The lowest BCUT2D eigenvalue weighted by Gasteiger charge is -2.16. The zero-order chi connectivity index (χ0) is 19.8. The second-order valence-electron chi connectivity index (χ2n) is 6.21. The highest BCUT2D eigenvalue weighted by atomic mass is 35.5. The first-order chi connectivity index (χ1) is 13.0. The molecule has 2 aromatic carbocycles. The molecule has 0 saturated heterocycles.